The highest BCUT2D eigenvalue weighted by Crippen LogP contribution is 2.59. The quantitative estimate of drug-likeness (QED) is 0.226. The van der Waals surface area contributed by atoms with Crippen LogP contribution in [0.25, 0.3) is 0 Å². The summed E-state index contributed by atoms with van der Waals surface area (Å²) in [6, 6.07) is 1.24. The molecule has 0 radical (unpaired) electrons. The summed E-state index contributed by atoms with van der Waals surface area (Å²) in [5, 5.41) is 0. The average Bonchev–Trinajstić information content (AvgIpc) is 3.71. The molecule has 2 aromatic carbocycles. The number of halogens is 18. The Labute approximate surface area is 274 Å². The molecule has 0 amide bonds. The Hall–Kier alpha value is -3.88. The molecule has 0 N–H and O–H groups in total. The number of hydrogen-bond acceptors (Lipinski definition) is 4. The van der Waals surface area contributed by atoms with E-state index in [4.69, 9.17) is 9.47 Å². The normalized spacial score (nSPS) is 20.2. The molecule has 2 aliphatic rings. The molecule has 2 atom stereocenters. The van der Waals surface area contributed by atoms with E-state index in [1.807, 2.05) is 0 Å². The second-order valence-corrected chi connectivity index (χ2v) is 11.8. The number of rotatable bonds is 10. The van der Waals surface area contributed by atoms with E-state index in [1.54, 1.807) is 0 Å². The fraction of sp³-hybridized carbons (Fsp3) is 0.517. The van der Waals surface area contributed by atoms with Gasteiger partial charge in [-0.15, -0.1) is 0 Å². The van der Waals surface area contributed by atoms with Crippen molar-refractivity contribution in [1.82, 2.24) is 0 Å². The second kappa shape index (κ2) is 12.1. The van der Waals surface area contributed by atoms with Crippen molar-refractivity contribution in [2.45, 2.75) is 73.8 Å². The molecule has 0 aromatic heterocycles. The van der Waals surface area contributed by atoms with Crippen molar-refractivity contribution in [3.8, 4) is 0 Å². The molecule has 284 valence electrons. The standard InChI is InChI=1S/C29H20F18N2O2/c1-21(2,19-48-17(11-50-19)13-7-3-5-9-15(13)22(30,31)24(34,35)26(38,39)28(42,43)44)20-49-18(12-51-20)14-8-4-6-10-16(14)23(32,33)25(36,37)27(40,41)29(45,46)47/h3-10,17-18H,11-12H2,1-2H3/t17-,18-/m1/s1. The van der Waals surface area contributed by atoms with Crippen LogP contribution in [0.2, 0.25) is 0 Å². The first kappa shape index (κ1) is 39.9. The topological polar surface area (TPSA) is 43.2 Å². The molecule has 0 saturated carbocycles. The van der Waals surface area contributed by atoms with Gasteiger partial charge in [-0.1, -0.05) is 48.5 Å². The first-order valence-corrected chi connectivity index (χ1v) is 13.9. The van der Waals surface area contributed by atoms with Crippen LogP contribution in [0.1, 0.15) is 48.2 Å². The minimum absolute atomic E-state index is 0.157. The highest BCUT2D eigenvalue weighted by atomic mass is 19.4. The van der Waals surface area contributed by atoms with Crippen LogP contribution in [-0.2, 0) is 21.3 Å². The Balaban J connectivity index is 1.69. The third-order valence-electron chi connectivity index (χ3n) is 7.98. The van der Waals surface area contributed by atoms with Gasteiger partial charge in [-0.3, -0.25) is 0 Å². The molecule has 0 unspecified atom stereocenters. The zero-order chi connectivity index (χ0) is 39.0. The van der Waals surface area contributed by atoms with Gasteiger partial charge in [0.15, 0.2) is 11.8 Å². The Kier molecular flexibility index (Phi) is 9.46. The Bertz CT molecular complexity index is 1570. The number of alkyl halides is 18. The summed E-state index contributed by atoms with van der Waals surface area (Å²) in [6.45, 7) is 0.682. The van der Waals surface area contributed by atoms with Crippen molar-refractivity contribution in [2.75, 3.05) is 13.2 Å². The van der Waals surface area contributed by atoms with E-state index in [-0.39, 0.29) is 12.1 Å². The Morgan fingerprint density at radius 2 is 0.765 bits per heavy atom. The van der Waals surface area contributed by atoms with Crippen LogP contribution < -0.4 is 0 Å². The van der Waals surface area contributed by atoms with Crippen LogP contribution in [0.4, 0.5) is 79.0 Å². The predicted molar refractivity (Wildman–Crippen MR) is 139 cm³/mol. The van der Waals surface area contributed by atoms with Gasteiger partial charge in [-0.2, -0.15) is 79.0 Å². The summed E-state index contributed by atoms with van der Waals surface area (Å²) < 4.78 is 258. The average molecular weight is 770 g/mol. The summed E-state index contributed by atoms with van der Waals surface area (Å²) in [6.07, 6.45) is -14.2. The van der Waals surface area contributed by atoms with Crippen LogP contribution in [0.3, 0.4) is 0 Å². The third kappa shape index (κ3) is 6.02. The lowest BCUT2D eigenvalue weighted by molar-refractivity contribution is -0.399. The number of hydrogen-bond donors (Lipinski definition) is 0. The molecule has 4 nitrogen and oxygen atoms in total. The largest absolute Gasteiger partial charge is 0.478 e. The Morgan fingerprint density at radius 3 is 1.06 bits per heavy atom. The highest BCUT2D eigenvalue weighted by Gasteiger charge is 2.83. The second-order valence-electron chi connectivity index (χ2n) is 11.8. The van der Waals surface area contributed by atoms with Gasteiger partial charge in [-0.05, 0) is 25.0 Å². The van der Waals surface area contributed by atoms with Crippen LogP contribution in [0.5, 0.6) is 0 Å². The van der Waals surface area contributed by atoms with E-state index >= 15 is 0 Å². The molecule has 22 heteroatoms. The number of aliphatic imine (C=N–C) groups is 2. The summed E-state index contributed by atoms with van der Waals surface area (Å²) in [5.74, 6) is -41.8. The molecule has 0 aliphatic carbocycles. The molecule has 2 aromatic rings. The van der Waals surface area contributed by atoms with Gasteiger partial charge in [0.05, 0.1) is 0 Å². The molecule has 4 rings (SSSR count). The van der Waals surface area contributed by atoms with E-state index in [9.17, 15) is 79.0 Å². The fourth-order valence-corrected chi connectivity index (χ4v) is 5.08. The molecular formula is C29H20F18N2O2. The van der Waals surface area contributed by atoms with E-state index in [1.165, 1.54) is 0 Å². The minimum Gasteiger partial charge on any atom is -0.478 e. The molecule has 2 heterocycles. The van der Waals surface area contributed by atoms with Gasteiger partial charge in [0.25, 0.3) is 0 Å². The first-order chi connectivity index (χ1) is 22.9. The van der Waals surface area contributed by atoms with E-state index in [0.29, 0.717) is 24.3 Å². The SMILES string of the molecule is CC(C)(C1=N[C@@H](c2ccccc2C(F)(F)C(F)(F)C(F)(F)C(F)(F)F)CO1)C1=N[C@@H](c2ccccc2C(F)(F)C(F)(F)C(F)(F)C(F)(F)F)CO1. The molecule has 0 saturated heterocycles. The summed E-state index contributed by atoms with van der Waals surface area (Å²) in [7, 11) is 0. The molecule has 51 heavy (non-hydrogen) atoms. The van der Waals surface area contributed by atoms with E-state index < -0.39 is 113 Å². The molecule has 0 fully saturated rings. The fourth-order valence-electron chi connectivity index (χ4n) is 5.08. The molecular weight excluding hydrogens is 750 g/mol. The maximum atomic E-state index is 14.9. The van der Waals surface area contributed by atoms with Gasteiger partial charge in [0.1, 0.15) is 30.7 Å². The van der Waals surface area contributed by atoms with Crippen LogP contribution >= 0.6 is 0 Å². The lowest BCUT2D eigenvalue weighted by atomic mass is 9.90. The van der Waals surface area contributed by atoms with Gasteiger partial charge in [-0.25, -0.2) is 9.98 Å². The van der Waals surface area contributed by atoms with Crippen molar-refractivity contribution < 1.29 is 88.5 Å². The van der Waals surface area contributed by atoms with Crippen molar-refractivity contribution in [1.29, 1.82) is 0 Å². The summed E-state index contributed by atoms with van der Waals surface area (Å²) in [5.41, 5.74) is -7.72. The van der Waals surface area contributed by atoms with Crippen molar-refractivity contribution in [3.05, 3.63) is 70.8 Å². The van der Waals surface area contributed by atoms with Gasteiger partial charge < -0.3 is 9.47 Å². The van der Waals surface area contributed by atoms with Gasteiger partial charge >= 0.3 is 47.9 Å². The van der Waals surface area contributed by atoms with Crippen molar-refractivity contribution in [3.63, 3.8) is 0 Å². The first-order valence-electron chi connectivity index (χ1n) is 13.9. The van der Waals surface area contributed by atoms with Gasteiger partial charge in [0.2, 0.25) is 0 Å². The number of ether oxygens (including phenoxy) is 2. The molecule has 0 spiro atoms. The van der Waals surface area contributed by atoms with Crippen molar-refractivity contribution >= 4 is 11.8 Å². The number of benzene rings is 2. The van der Waals surface area contributed by atoms with Crippen LogP contribution in [0.15, 0.2) is 58.5 Å². The molecule has 2 aliphatic heterocycles. The lowest BCUT2D eigenvalue weighted by Gasteiger charge is -2.34. The minimum atomic E-state index is -7.20. The van der Waals surface area contributed by atoms with E-state index in [0.717, 1.165) is 26.0 Å². The van der Waals surface area contributed by atoms with Crippen LogP contribution in [0, 0.1) is 5.41 Å². The number of nitrogens with zero attached hydrogens (tertiary/aromatic N) is 2. The van der Waals surface area contributed by atoms with Gasteiger partial charge in [0, 0.05) is 11.1 Å². The highest BCUT2D eigenvalue weighted by molar-refractivity contribution is 6.05. The Morgan fingerprint density at radius 1 is 0.471 bits per heavy atom. The van der Waals surface area contributed by atoms with Crippen molar-refractivity contribution in [2.24, 2.45) is 15.4 Å². The smallest absolute Gasteiger partial charge is 0.460 e. The molecule has 0 bridgehead atoms. The zero-order valence-electron chi connectivity index (χ0n) is 25.2. The van der Waals surface area contributed by atoms with Crippen LogP contribution in [-0.4, -0.2) is 61.1 Å². The predicted octanol–water partition coefficient (Wildman–Crippen LogP) is 10.2. The lowest BCUT2D eigenvalue weighted by Crippen LogP contribution is -2.59. The third-order valence-corrected chi connectivity index (χ3v) is 7.98. The maximum Gasteiger partial charge on any atom is 0.460 e. The van der Waals surface area contributed by atoms with E-state index in [2.05, 4.69) is 9.98 Å². The monoisotopic (exact) mass is 770 g/mol. The summed E-state index contributed by atoms with van der Waals surface area (Å²) in [4.78, 5) is 7.83. The maximum absolute atomic E-state index is 14.9. The zero-order valence-corrected chi connectivity index (χ0v) is 25.2. The summed E-state index contributed by atoms with van der Waals surface area (Å²) >= 11 is 0.